The predicted octanol–water partition coefficient (Wildman–Crippen LogP) is 3.08. The minimum Gasteiger partial charge on any atom is -0.335 e. The van der Waals surface area contributed by atoms with Gasteiger partial charge in [-0.15, -0.1) is 0 Å². The molecule has 0 radical (unpaired) electrons. The normalized spacial score (nSPS) is 45.3. The number of fused-ring (bicyclic) bond motifs is 3. The molecule has 2 amide bonds. The summed E-state index contributed by atoms with van der Waals surface area (Å²) in [5.74, 6) is 0.780. The van der Waals surface area contributed by atoms with Crippen molar-refractivity contribution >= 4 is 6.03 Å². The fourth-order valence-corrected chi connectivity index (χ4v) is 6.12. The van der Waals surface area contributed by atoms with Crippen molar-refractivity contribution in [2.75, 3.05) is 19.6 Å². The second-order valence-electron chi connectivity index (χ2n) is 9.40. The van der Waals surface area contributed by atoms with Crippen molar-refractivity contribution < 1.29 is 4.79 Å². The summed E-state index contributed by atoms with van der Waals surface area (Å²) in [6, 6.07) is 1.49. The average molecular weight is 319 g/mol. The second-order valence-corrected chi connectivity index (χ2v) is 9.40. The number of piperazine rings is 1. The van der Waals surface area contributed by atoms with E-state index in [4.69, 9.17) is 0 Å². The van der Waals surface area contributed by atoms with Crippen LogP contribution in [0.2, 0.25) is 0 Å². The number of urea groups is 1. The Balaban J connectivity index is 1.44. The summed E-state index contributed by atoms with van der Waals surface area (Å²) < 4.78 is 0. The number of carbonyl (C=O) groups excluding carboxylic acids is 1. The van der Waals surface area contributed by atoms with Crippen molar-refractivity contribution in [3.63, 3.8) is 0 Å². The van der Waals surface area contributed by atoms with E-state index < -0.39 is 0 Å². The van der Waals surface area contributed by atoms with Gasteiger partial charge in [0, 0.05) is 31.2 Å². The molecular formula is C19H33N3O. The molecule has 4 nitrogen and oxygen atoms in total. The van der Waals surface area contributed by atoms with Crippen molar-refractivity contribution in [1.29, 1.82) is 0 Å². The van der Waals surface area contributed by atoms with Crippen molar-refractivity contribution in [2.24, 2.45) is 16.7 Å². The number of amides is 2. The van der Waals surface area contributed by atoms with Crippen LogP contribution in [-0.4, -0.2) is 53.6 Å². The molecule has 5 unspecified atom stereocenters. The summed E-state index contributed by atoms with van der Waals surface area (Å²) in [5.41, 5.74) is 0.631. The Labute approximate surface area is 141 Å². The SMILES string of the molecule is CC1CN2CCCC2CN1C(=O)NC1CC2CCC1(C)C2(C)C. The topological polar surface area (TPSA) is 35.6 Å². The van der Waals surface area contributed by atoms with Gasteiger partial charge in [-0.3, -0.25) is 4.90 Å². The van der Waals surface area contributed by atoms with Gasteiger partial charge in [-0.05, 0) is 62.3 Å². The molecule has 2 aliphatic carbocycles. The van der Waals surface area contributed by atoms with Crippen LogP contribution in [0.3, 0.4) is 0 Å². The molecule has 2 aliphatic heterocycles. The molecule has 4 fully saturated rings. The Bertz CT molecular complexity index is 505. The molecule has 4 heteroatoms. The van der Waals surface area contributed by atoms with Crippen LogP contribution in [0.1, 0.15) is 59.8 Å². The monoisotopic (exact) mass is 319 g/mol. The van der Waals surface area contributed by atoms with Crippen LogP contribution in [0.25, 0.3) is 0 Å². The molecule has 1 N–H and O–H groups in total. The molecule has 0 aromatic rings. The van der Waals surface area contributed by atoms with E-state index >= 15 is 0 Å². The summed E-state index contributed by atoms with van der Waals surface area (Å²) in [6.45, 7) is 12.6. The van der Waals surface area contributed by atoms with Gasteiger partial charge < -0.3 is 10.2 Å². The second kappa shape index (κ2) is 5.11. The van der Waals surface area contributed by atoms with Crippen LogP contribution in [-0.2, 0) is 0 Å². The highest BCUT2D eigenvalue weighted by Crippen LogP contribution is 2.65. The van der Waals surface area contributed by atoms with Crippen LogP contribution in [0, 0.1) is 16.7 Å². The maximum atomic E-state index is 13.0. The number of carbonyl (C=O) groups is 1. The highest BCUT2D eigenvalue weighted by Gasteiger charge is 2.61. The van der Waals surface area contributed by atoms with Crippen LogP contribution < -0.4 is 5.32 Å². The Kier molecular flexibility index (Phi) is 3.50. The molecule has 4 aliphatic rings. The lowest BCUT2D eigenvalue weighted by atomic mass is 9.69. The van der Waals surface area contributed by atoms with E-state index in [9.17, 15) is 4.79 Å². The van der Waals surface area contributed by atoms with E-state index in [1.165, 1.54) is 38.6 Å². The average Bonchev–Trinajstić information content (AvgIpc) is 3.08. The summed E-state index contributed by atoms with van der Waals surface area (Å²) in [7, 11) is 0. The Morgan fingerprint density at radius 2 is 1.96 bits per heavy atom. The van der Waals surface area contributed by atoms with E-state index in [0.717, 1.165) is 19.0 Å². The Hall–Kier alpha value is -0.770. The lowest BCUT2D eigenvalue weighted by Crippen LogP contribution is -2.61. The third-order valence-corrected chi connectivity index (χ3v) is 8.29. The molecule has 2 heterocycles. The van der Waals surface area contributed by atoms with Crippen LogP contribution >= 0.6 is 0 Å². The van der Waals surface area contributed by atoms with Gasteiger partial charge in [0.1, 0.15) is 0 Å². The quantitative estimate of drug-likeness (QED) is 0.806. The lowest BCUT2D eigenvalue weighted by molar-refractivity contribution is 0.0712. The first-order valence-corrected chi connectivity index (χ1v) is 9.64. The summed E-state index contributed by atoms with van der Waals surface area (Å²) in [6.07, 6.45) is 6.33. The zero-order valence-electron chi connectivity index (χ0n) is 15.3. The highest BCUT2D eigenvalue weighted by atomic mass is 16.2. The van der Waals surface area contributed by atoms with Gasteiger partial charge in [-0.25, -0.2) is 4.79 Å². The number of rotatable bonds is 1. The lowest BCUT2D eigenvalue weighted by Gasteiger charge is -2.44. The van der Waals surface area contributed by atoms with Gasteiger partial charge in [0.05, 0.1) is 0 Å². The number of hydrogen-bond acceptors (Lipinski definition) is 2. The molecule has 0 aromatic carbocycles. The van der Waals surface area contributed by atoms with Crippen molar-refractivity contribution in [2.45, 2.75) is 77.9 Å². The van der Waals surface area contributed by atoms with Gasteiger partial charge in [0.2, 0.25) is 0 Å². The molecule has 0 spiro atoms. The minimum atomic E-state index is 0.193. The molecule has 4 rings (SSSR count). The highest BCUT2D eigenvalue weighted by molar-refractivity contribution is 5.75. The Morgan fingerprint density at radius 3 is 2.61 bits per heavy atom. The van der Waals surface area contributed by atoms with Gasteiger partial charge >= 0.3 is 6.03 Å². The van der Waals surface area contributed by atoms with Gasteiger partial charge in [-0.1, -0.05) is 20.8 Å². The van der Waals surface area contributed by atoms with Crippen molar-refractivity contribution in [3.05, 3.63) is 0 Å². The van der Waals surface area contributed by atoms with Crippen molar-refractivity contribution in [1.82, 2.24) is 15.1 Å². The first-order valence-electron chi connectivity index (χ1n) is 9.64. The molecule has 2 bridgehead atoms. The summed E-state index contributed by atoms with van der Waals surface area (Å²) in [5, 5.41) is 3.45. The van der Waals surface area contributed by atoms with Crippen LogP contribution in [0.5, 0.6) is 0 Å². The molecule has 2 saturated carbocycles. The van der Waals surface area contributed by atoms with Crippen LogP contribution in [0.4, 0.5) is 4.79 Å². The standard InChI is InChI=1S/C19H33N3O/c1-13-11-21-9-5-6-15(21)12-22(13)17(23)20-16-10-14-7-8-19(16,4)18(14,2)3/h13-16H,5-12H2,1-4H3,(H,20,23). The third kappa shape index (κ3) is 2.16. The summed E-state index contributed by atoms with van der Waals surface area (Å²) >= 11 is 0. The van der Waals surface area contributed by atoms with E-state index in [1.807, 2.05) is 0 Å². The molecule has 5 atom stereocenters. The Morgan fingerprint density at radius 1 is 1.17 bits per heavy atom. The van der Waals surface area contributed by atoms with Gasteiger partial charge in [-0.2, -0.15) is 0 Å². The van der Waals surface area contributed by atoms with E-state index in [-0.39, 0.29) is 11.4 Å². The smallest absolute Gasteiger partial charge is 0.317 e. The zero-order valence-corrected chi connectivity index (χ0v) is 15.3. The van der Waals surface area contributed by atoms with E-state index in [0.29, 0.717) is 23.5 Å². The predicted molar refractivity (Wildman–Crippen MR) is 92.3 cm³/mol. The number of hydrogen-bond donors (Lipinski definition) is 1. The first kappa shape index (κ1) is 15.7. The largest absolute Gasteiger partial charge is 0.335 e. The summed E-state index contributed by atoms with van der Waals surface area (Å²) in [4.78, 5) is 17.7. The number of nitrogens with zero attached hydrogens (tertiary/aromatic N) is 2. The van der Waals surface area contributed by atoms with Crippen LogP contribution in [0.15, 0.2) is 0 Å². The maximum Gasteiger partial charge on any atom is 0.317 e. The van der Waals surface area contributed by atoms with Gasteiger partial charge in [0.25, 0.3) is 0 Å². The maximum absolute atomic E-state index is 13.0. The molecule has 2 saturated heterocycles. The minimum absolute atomic E-state index is 0.193. The van der Waals surface area contributed by atoms with Gasteiger partial charge in [0.15, 0.2) is 0 Å². The molecule has 23 heavy (non-hydrogen) atoms. The molecule has 0 aromatic heterocycles. The van der Waals surface area contributed by atoms with Crippen molar-refractivity contribution in [3.8, 4) is 0 Å². The molecule has 130 valence electrons. The molecular weight excluding hydrogens is 286 g/mol. The fourth-order valence-electron chi connectivity index (χ4n) is 6.12. The third-order valence-electron chi connectivity index (χ3n) is 8.29. The number of nitrogens with one attached hydrogen (secondary N) is 1. The zero-order chi connectivity index (χ0) is 16.4. The van der Waals surface area contributed by atoms with E-state index in [1.54, 1.807) is 0 Å². The first-order chi connectivity index (χ1) is 10.8. The fraction of sp³-hybridized carbons (Fsp3) is 0.947. The van der Waals surface area contributed by atoms with E-state index in [2.05, 4.69) is 42.8 Å².